The fraction of sp³-hybridized carbons (Fsp3) is 0.750. The van der Waals surface area contributed by atoms with Gasteiger partial charge in [-0.1, -0.05) is 33.0 Å². The lowest BCUT2D eigenvalue weighted by molar-refractivity contribution is -0.145. The van der Waals surface area contributed by atoms with Crippen LogP contribution in [0.25, 0.3) is 0 Å². The molecule has 0 bridgehead atoms. The average Bonchev–Trinajstić information content (AvgIpc) is 2.26. The summed E-state index contributed by atoms with van der Waals surface area (Å²) >= 11 is 4.83. The largest absolute Gasteiger partial charge is 0.467 e. The van der Waals surface area contributed by atoms with E-state index in [1.807, 2.05) is 20.8 Å². The predicted molar refractivity (Wildman–Crippen MR) is 74.0 cm³/mol. The van der Waals surface area contributed by atoms with Crippen molar-refractivity contribution in [1.29, 1.82) is 0 Å². The summed E-state index contributed by atoms with van der Waals surface area (Å²) in [5, 5.41) is 2.65. The maximum atomic E-state index is 11.9. The van der Waals surface area contributed by atoms with Crippen LogP contribution in [0.15, 0.2) is 0 Å². The Hall–Kier alpha value is -1.17. The van der Waals surface area contributed by atoms with Crippen molar-refractivity contribution < 1.29 is 14.3 Å². The van der Waals surface area contributed by atoms with Gasteiger partial charge in [0.05, 0.1) is 18.0 Å². The molecule has 0 fully saturated rings. The molecule has 0 heterocycles. The topological polar surface area (TPSA) is 81.4 Å². The van der Waals surface area contributed by atoms with Gasteiger partial charge in [0.2, 0.25) is 5.91 Å². The van der Waals surface area contributed by atoms with Crippen molar-refractivity contribution in [1.82, 2.24) is 5.32 Å². The summed E-state index contributed by atoms with van der Waals surface area (Å²) in [4.78, 5) is 23.6. The first-order valence-electron chi connectivity index (χ1n) is 6.00. The molecule has 0 aromatic carbocycles. The van der Waals surface area contributed by atoms with Gasteiger partial charge in [-0.2, -0.15) is 0 Å². The molecule has 0 aliphatic carbocycles. The fourth-order valence-electron chi connectivity index (χ4n) is 1.62. The fourth-order valence-corrected chi connectivity index (χ4v) is 1.89. The van der Waals surface area contributed by atoms with Gasteiger partial charge >= 0.3 is 5.97 Å². The van der Waals surface area contributed by atoms with E-state index < -0.39 is 17.9 Å². The SMILES string of the molecule is CCC(C(=O)NC(CC(C)C)C(=O)OC)C(N)=S. The first-order chi connectivity index (χ1) is 8.33. The molecule has 0 aromatic heterocycles. The normalized spacial score (nSPS) is 13.8. The third-order valence-corrected chi connectivity index (χ3v) is 2.86. The van der Waals surface area contributed by atoms with Crippen LogP contribution in [-0.2, 0) is 14.3 Å². The monoisotopic (exact) mass is 274 g/mol. The third-order valence-electron chi connectivity index (χ3n) is 2.58. The second kappa shape index (κ2) is 8.02. The molecule has 0 aromatic rings. The molecule has 1 amide bonds. The number of rotatable bonds is 7. The van der Waals surface area contributed by atoms with Gasteiger partial charge in [0.25, 0.3) is 0 Å². The summed E-state index contributed by atoms with van der Waals surface area (Å²) in [6.45, 7) is 5.75. The van der Waals surface area contributed by atoms with Crippen molar-refractivity contribution in [3.05, 3.63) is 0 Å². The molecule has 2 atom stereocenters. The highest BCUT2D eigenvalue weighted by Gasteiger charge is 2.27. The van der Waals surface area contributed by atoms with E-state index in [1.165, 1.54) is 7.11 Å². The predicted octanol–water partition coefficient (Wildman–Crippen LogP) is 1.00. The number of thiocarbonyl (C=S) groups is 1. The Balaban J connectivity index is 4.71. The Morgan fingerprint density at radius 1 is 1.39 bits per heavy atom. The summed E-state index contributed by atoms with van der Waals surface area (Å²) in [6, 6.07) is -0.647. The van der Waals surface area contributed by atoms with Crippen molar-refractivity contribution >= 4 is 29.1 Å². The van der Waals surface area contributed by atoms with E-state index in [0.717, 1.165) is 0 Å². The van der Waals surface area contributed by atoms with Gasteiger partial charge in [-0.15, -0.1) is 0 Å². The van der Waals surface area contributed by atoms with Crippen LogP contribution in [-0.4, -0.2) is 30.0 Å². The van der Waals surface area contributed by atoms with Crippen LogP contribution in [0.4, 0.5) is 0 Å². The summed E-state index contributed by atoms with van der Waals surface area (Å²) in [6.07, 6.45) is 1.03. The Morgan fingerprint density at radius 3 is 2.28 bits per heavy atom. The van der Waals surface area contributed by atoms with Crippen LogP contribution in [0.3, 0.4) is 0 Å². The van der Waals surface area contributed by atoms with E-state index in [2.05, 4.69) is 10.1 Å². The van der Waals surface area contributed by atoms with Crippen LogP contribution >= 0.6 is 12.2 Å². The smallest absolute Gasteiger partial charge is 0.328 e. The lowest BCUT2D eigenvalue weighted by atomic mass is 10.0. The van der Waals surface area contributed by atoms with E-state index in [-0.39, 0.29) is 16.8 Å². The number of carbonyl (C=O) groups is 2. The summed E-state index contributed by atoms with van der Waals surface area (Å²) < 4.78 is 4.67. The zero-order chi connectivity index (χ0) is 14.3. The Kier molecular flexibility index (Phi) is 7.50. The minimum absolute atomic E-state index is 0.142. The van der Waals surface area contributed by atoms with Gasteiger partial charge in [-0.25, -0.2) is 4.79 Å². The highest BCUT2D eigenvalue weighted by atomic mass is 32.1. The minimum atomic E-state index is -0.647. The second-order valence-corrected chi connectivity index (χ2v) is 5.05. The highest BCUT2D eigenvalue weighted by Crippen LogP contribution is 2.09. The Bertz CT molecular complexity index is 318. The number of methoxy groups -OCH3 is 1. The molecular formula is C12H22N2O3S. The standard InChI is InChI=1S/C12H22N2O3S/c1-5-8(10(13)18)11(15)14-9(6-7(2)3)12(16)17-4/h7-9H,5-6H2,1-4H3,(H2,13,18)(H,14,15). The molecule has 5 nitrogen and oxygen atoms in total. The van der Waals surface area contributed by atoms with Crippen LogP contribution in [0.5, 0.6) is 0 Å². The number of nitrogens with one attached hydrogen (secondary N) is 1. The summed E-state index contributed by atoms with van der Waals surface area (Å²) in [7, 11) is 1.30. The molecule has 0 spiro atoms. The second-order valence-electron chi connectivity index (χ2n) is 4.58. The third kappa shape index (κ3) is 5.44. The number of amides is 1. The van der Waals surface area contributed by atoms with E-state index in [9.17, 15) is 9.59 Å². The number of esters is 1. The quantitative estimate of drug-likeness (QED) is 0.535. The van der Waals surface area contributed by atoms with Gasteiger partial charge in [-0.3, -0.25) is 4.79 Å². The van der Waals surface area contributed by atoms with Crippen LogP contribution in [0.2, 0.25) is 0 Å². The van der Waals surface area contributed by atoms with E-state index in [1.54, 1.807) is 0 Å². The molecular weight excluding hydrogens is 252 g/mol. The summed E-state index contributed by atoms with van der Waals surface area (Å²) in [5.74, 6) is -1.05. The van der Waals surface area contributed by atoms with Crippen LogP contribution in [0.1, 0.15) is 33.6 Å². The first-order valence-corrected chi connectivity index (χ1v) is 6.41. The van der Waals surface area contributed by atoms with Gasteiger partial charge < -0.3 is 15.8 Å². The molecule has 0 aliphatic heterocycles. The van der Waals surface area contributed by atoms with Crippen molar-refractivity contribution in [3.8, 4) is 0 Å². The summed E-state index contributed by atoms with van der Waals surface area (Å²) in [5.41, 5.74) is 5.49. The van der Waals surface area contributed by atoms with E-state index >= 15 is 0 Å². The van der Waals surface area contributed by atoms with Gasteiger partial charge in [-0.05, 0) is 18.8 Å². The minimum Gasteiger partial charge on any atom is -0.467 e. The molecule has 2 unspecified atom stereocenters. The molecule has 0 rings (SSSR count). The van der Waals surface area contributed by atoms with Crippen molar-refractivity contribution in [3.63, 3.8) is 0 Å². The van der Waals surface area contributed by atoms with E-state index in [0.29, 0.717) is 12.8 Å². The van der Waals surface area contributed by atoms with Gasteiger partial charge in [0.1, 0.15) is 6.04 Å². The van der Waals surface area contributed by atoms with Crippen molar-refractivity contribution in [2.24, 2.45) is 17.6 Å². The molecule has 0 saturated carbocycles. The van der Waals surface area contributed by atoms with Crippen molar-refractivity contribution in [2.75, 3.05) is 7.11 Å². The number of nitrogens with two attached hydrogens (primary N) is 1. The molecule has 6 heteroatoms. The molecule has 18 heavy (non-hydrogen) atoms. The Labute approximate surface area is 113 Å². The van der Waals surface area contributed by atoms with Gasteiger partial charge in [0, 0.05) is 0 Å². The van der Waals surface area contributed by atoms with E-state index in [4.69, 9.17) is 18.0 Å². The molecule has 0 aliphatic rings. The molecule has 0 saturated heterocycles. The van der Waals surface area contributed by atoms with Crippen molar-refractivity contribution in [2.45, 2.75) is 39.7 Å². The lowest BCUT2D eigenvalue weighted by Crippen LogP contribution is -2.47. The Morgan fingerprint density at radius 2 is 1.94 bits per heavy atom. The molecule has 0 radical (unpaired) electrons. The zero-order valence-electron chi connectivity index (χ0n) is 11.4. The molecule has 104 valence electrons. The van der Waals surface area contributed by atoms with Crippen LogP contribution < -0.4 is 11.1 Å². The number of hydrogen-bond acceptors (Lipinski definition) is 4. The number of carbonyl (C=O) groups excluding carboxylic acids is 2. The lowest BCUT2D eigenvalue weighted by Gasteiger charge is -2.21. The van der Waals surface area contributed by atoms with Crippen LogP contribution in [0, 0.1) is 11.8 Å². The maximum absolute atomic E-state index is 11.9. The maximum Gasteiger partial charge on any atom is 0.328 e. The number of hydrogen-bond donors (Lipinski definition) is 2. The average molecular weight is 274 g/mol. The first kappa shape index (κ1) is 16.8. The number of ether oxygens (including phenoxy) is 1. The van der Waals surface area contributed by atoms with Gasteiger partial charge in [0.15, 0.2) is 0 Å². The molecule has 3 N–H and O–H groups in total. The highest BCUT2D eigenvalue weighted by molar-refractivity contribution is 7.80. The zero-order valence-corrected chi connectivity index (χ0v) is 12.2.